The molecule has 0 aliphatic carbocycles. The van der Waals surface area contributed by atoms with Gasteiger partial charge in [-0.05, 0) is 49.2 Å². The van der Waals surface area contributed by atoms with E-state index in [0.29, 0.717) is 10.0 Å². The Morgan fingerprint density at radius 2 is 2.05 bits per heavy atom. The number of phenols is 1. The van der Waals surface area contributed by atoms with Gasteiger partial charge in [-0.3, -0.25) is 0 Å². The average Bonchev–Trinajstić information content (AvgIpc) is 2.42. The Labute approximate surface area is 136 Å². The topological polar surface area (TPSA) is 61.4 Å². The van der Waals surface area contributed by atoms with Gasteiger partial charge in [0.25, 0.3) is 0 Å². The monoisotopic (exact) mass is 366 g/mol. The number of anilines is 1. The maximum atomic E-state index is 13.9. The first-order valence-electron chi connectivity index (χ1n) is 6.69. The van der Waals surface area contributed by atoms with Crippen molar-refractivity contribution in [1.82, 2.24) is 5.32 Å². The lowest BCUT2D eigenvalue weighted by Crippen LogP contribution is -2.31. The summed E-state index contributed by atoms with van der Waals surface area (Å²) in [7, 11) is 0. The number of aromatic hydroxyl groups is 1. The Morgan fingerprint density at radius 1 is 1.32 bits per heavy atom. The number of benzene rings is 2. The van der Waals surface area contributed by atoms with Crippen LogP contribution in [-0.2, 0) is 0 Å². The van der Waals surface area contributed by atoms with Crippen molar-refractivity contribution in [3.8, 4) is 5.75 Å². The standard InChI is InChI=1S/C16H16BrFN2O2/c1-9-6-12(17)8-14(18)15(9)20-16(22)19-10(2)11-4-3-5-13(21)7-11/h3-8,10,21H,1-2H3,(H2,19,20,22)/t10-/m0/s1. The zero-order valence-corrected chi connectivity index (χ0v) is 13.7. The lowest BCUT2D eigenvalue weighted by atomic mass is 10.1. The molecule has 0 aliphatic heterocycles. The number of nitrogens with one attached hydrogen (secondary N) is 2. The molecule has 0 saturated heterocycles. The first-order valence-corrected chi connectivity index (χ1v) is 7.48. The van der Waals surface area contributed by atoms with Gasteiger partial charge in [0.1, 0.15) is 11.6 Å². The summed E-state index contributed by atoms with van der Waals surface area (Å²) in [5, 5.41) is 14.7. The van der Waals surface area contributed by atoms with Gasteiger partial charge in [-0.1, -0.05) is 28.1 Å². The summed E-state index contributed by atoms with van der Waals surface area (Å²) < 4.78 is 14.5. The summed E-state index contributed by atoms with van der Waals surface area (Å²) in [6.45, 7) is 3.49. The molecule has 0 aromatic heterocycles. The van der Waals surface area contributed by atoms with Crippen molar-refractivity contribution in [2.75, 3.05) is 5.32 Å². The normalized spacial score (nSPS) is 11.8. The van der Waals surface area contributed by atoms with Crippen LogP contribution in [0.15, 0.2) is 40.9 Å². The molecule has 0 heterocycles. The quantitative estimate of drug-likeness (QED) is 0.749. The molecular formula is C16H16BrFN2O2. The summed E-state index contributed by atoms with van der Waals surface area (Å²) in [5.74, 6) is -0.381. The minimum absolute atomic E-state index is 0.126. The fourth-order valence-corrected chi connectivity index (χ4v) is 2.63. The number of carbonyl (C=O) groups is 1. The first-order chi connectivity index (χ1) is 10.4. The van der Waals surface area contributed by atoms with Gasteiger partial charge in [-0.15, -0.1) is 0 Å². The van der Waals surface area contributed by atoms with Crippen molar-refractivity contribution in [3.05, 3.63) is 57.8 Å². The third-order valence-electron chi connectivity index (χ3n) is 3.21. The van der Waals surface area contributed by atoms with E-state index in [1.54, 1.807) is 44.2 Å². The molecule has 22 heavy (non-hydrogen) atoms. The molecule has 2 amide bonds. The zero-order chi connectivity index (χ0) is 16.3. The highest BCUT2D eigenvalue weighted by Gasteiger charge is 2.14. The smallest absolute Gasteiger partial charge is 0.319 e. The minimum atomic E-state index is -0.514. The van der Waals surface area contributed by atoms with Crippen molar-refractivity contribution in [2.45, 2.75) is 19.9 Å². The average molecular weight is 367 g/mol. The molecule has 0 saturated carbocycles. The molecule has 0 unspecified atom stereocenters. The largest absolute Gasteiger partial charge is 0.508 e. The van der Waals surface area contributed by atoms with E-state index in [-0.39, 0.29) is 17.5 Å². The maximum absolute atomic E-state index is 13.9. The van der Waals surface area contributed by atoms with Gasteiger partial charge in [0.05, 0.1) is 11.7 Å². The molecule has 0 spiro atoms. The molecule has 2 rings (SSSR count). The van der Waals surface area contributed by atoms with Crippen LogP contribution in [0.1, 0.15) is 24.1 Å². The number of amides is 2. The van der Waals surface area contributed by atoms with Crippen LogP contribution in [0.4, 0.5) is 14.9 Å². The second kappa shape index (κ2) is 6.79. The third-order valence-corrected chi connectivity index (χ3v) is 3.67. The molecule has 2 aromatic rings. The summed E-state index contributed by atoms with van der Waals surface area (Å²) >= 11 is 3.20. The lowest BCUT2D eigenvalue weighted by Gasteiger charge is -2.16. The van der Waals surface area contributed by atoms with Crippen LogP contribution in [0.25, 0.3) is 0 Å². The molecule has 0 radical (unpaired) electrons. The molecule has 1 atom stereocenters. The fraction of sp³-hybridized carbons (Fsp3) is 0.188. The minimum Gasteiger partial charge on any atom is -0.508 e. The molecule has 3 N–H and O–H groups in total. The molecular weight excluding hydrogens is 351 g/mol. The molecule has 6 heteroatoms. The predicted molar refractivity (Wildman–Crippen MR) is 87.5 cm³/mol. The second-order valence-electron chi connectivity index (χ2n) is 4.99. The van der Waals surface area contributed by atoms with Crippen molar-refractivity contribution in [3.63, 3.8) is 0 Å². The van der Waals surface area contributed by atoms with Gasteiger partial charge in [-0.25, -0.2) is 9.18 Å². The Bertz CT molecular complexity index is 683. The molecule has 0 bridgehead atoms. The number of hydrogen-bond acceptors (Lipinski definition) is 2. The maximum Gasteiger partial charge on any atom is 0.319 e. The van der Waals surface area contributed by atoms with Crippen LogP contribution in [0.5, 0.6) is 5.75 Å². The molecule has 0 fully saturated rings. The van der Waals surface area contributed by atoms with E-state index in [4.69, 9.17) is 0 Å². The zero-order valence-electron chi connectivity index (χ0n) is 12.2. The van der Waals surface area contributed by atoms with E-state index in [9.17, 15) is 14.3 Å². The van der Waals surface area contributed by atoms with E-state index in [1.165, 1.54) is 6.07 Å². The summed E-state index contributed by atoms with van der Waals surface area (Å²) in [6, 6.07) is 8.77. The van der Waals surface area contributed by atoms with Crippen LogP contribution >= 0.6 is 15.9 Å². The highest BCUT2D eigenvalue weighted by molar-refractivity contribution is 9.10. The van der Waals surface area contributed by atoms with E-state index in [0.717, 1.165) is 5.56 Å². The number of aryl methyl sites for hydroxylation is 1. The highest BCUT2D eigenvalue weighted by atomic mass is 79.9. The number of carbonyl (C=O) groups excluding carboxylic acids is 1. The van der Waals surface area contributed by atoms with Crippen LogP contribution in [-0.4, -0.2) is 11.1 Å². The number of hydrogen-bond donors (Lipinski definition) is 3. The van der Waals surface area contributed by atoms with Crippen LogP contribution in [0.3, 0.4) is 0 Å². The third kappa shape index (κ3) is 3.98. The molecule has 116 valence electrons. The summed E-state index contributed by atoms with van der Waals surface area (Å²) in [4.78, 5) is 12.0. The predicted octanol–water partition coefficient (Wildman–Crippen LogP) is 4.48. The van der Waals surface area contributed by atoms with E-state index < -0.39 is 11.8 Å². The highest BCUT2D eigenvalue weighted by Crippen LogP contribution is 2.24. The van der Waals surface area contributed by atoms with Crippen molar-refractivity contribution in [1.29, 1.82) is 0 Å². The number of phenolic OH excluding ortho intramolecular Hbond substituents is 1. The van der Waals surface area contributed by atoms with Crippen LogP contribution in [0.2, 0.25) is 0 Å². The first kappa shape index (κ1) is 16.3. The summed E-state index contributed by atoms with van der Waals surface area (Å²) in [6.07, 6.45) is 0. The summed E-state index contributed by atoms with van der Waals surface area (Å²) in [5.41, 5.74) is 1.51. The Kier molecular flexibility index (Phi) is 5.03. The SMILES string of the molecule is Cc1cc(Br)cc(F)c1NC(=O)N[C@@H](C)c1cccc(O)c1. The van der Waals surface area contributed by atoms with Gasteiger partial charge in [0, 0.05) is 4.47 Å². The van der Waals surface area contributed by atoms with Crippen molar-refractivity contribution < 1.29 is 14.3 Å². The van der Waals surface area contributed by atoms with Gasteiger partial charge in [0.2, 0.25) is 0 Å². The van der Waals surface area contributed by atoms with E-state index in [1.807, 2.05) is 0 Å². The lowest BCUT2D eigenvalue weighted by molar-refractivity contribution is 0.249. The van der Waals surface area contributed by atoms with Gasteiger partial charge < -0.3 is 15.7 Å². The van der Waals surface area contributed by atoms with E-state index in [2.05, 4.69) is 26.6 Å². The van der Waals surface area contributed by atoms with Crippen molar-refractivity contribution >= 4 is 27.6 Å². The van der Waals surface area contributed by atoms with Gasteiger partial charge >= 0.3 is 6.03 Å². The molecule has 2 aromatic carbocycles. The van der Waals surface area contributed by atoms with Crippen LogP contribution < -0.4 is 10.6 Å². The number of urea groups is 1. The number of halogens is 2. The van der Waals surface area contributed by atoms with Crippen molar-refractivity contribution in [2.24, 2.45) is 0 Å². The van der Waals surface area contributed by atoms with E-state index >= 15 is 0 Å². The van der Waals surface area contributed by atoms with Crippen LogP contribution in [0, 0.1) is 12.7 Å². The fourth-order valence-electron chi connectivity index (χ4n) is 2.08. The molecule has 0 aliphatic rings. The number of rotatable bonds is 3. The van der Waals surface area contributed by atoms with Gasteiger partial charge in [0.15, 0.2) is 0 Å². The Hall–Kier alpha value is -2.08. The second-order valence-corrected chi connectivity index (χ2v) is 5.91. The Morgan fingerprint density at radius 3 is 2.68 bits per heavy atom. The van der Waals surface area contributed by atoms with Gasteiger partial charge in [-0.2, -0.15) is 0 Å². The molecule has 4 nitrogen and oxygen atoms in total. The Balaban J connectivity index is 2.07.